The second kappa shape index (κ2) is 5.17. The van der Waals surface area contributed by atoms with Crippen LogP contribution >= 0.6 is 11.3 Å². The normalized spacial score (nSPS) is 12.1. The molecule has 0 N–H and O–H groups in total. The molecule has 2 heteroatoms. The van der Waals surface area contributed by atoms with Crippen molar-refractivity contribution in [3.63, 3.8) is 0 Å². The van der Waals surface area contributed by atoms with Crippen LogP contribution in [-0.4, -0.2) is 4.98 Å². The molecule has 0 spiro atoms. The van der Waals surface area contributed by atoms with Gasteiger partial charge >= 0.3 is 0 Å². The van der Waals surface area contributed by atoms with Crippen molar-refractivity contribution in [3.8, 4) is 10.6 Å². The Balaban J connectivity index is 2.00. The molecular formula is C21H19NS. The molecule has 1 aromatic heterocycles. The standard InChI is InChI=1S/C21H19NS/c1-21(2,3)17-13-15(12-14-8-4-5-9-16(14)17)20-22-18-10-6-7-11-19(18)23-20/h4-13H,1-3H3. The fourth-order valence-corrected chi connectivity index (χ4v) is 4.00. The molecule has 1 heterocycles. The molecule has 114 valence electrons. The van der Waals surface area contributed by atoms with Crippen LogP contribution in [0.15, 0.2) is 60.7 Å². The summed E-state index contributed by atoms with van der Waals surface area (Å²) in [5, 5.41) is 3.72. The van der Waals surface area contributed by atoms with E-state index in [0.717, 1.165) is 10.5 Å². The number of thiazole rings is 1. The first kappa shape index (κ1) is 14.4. The van der Waals surface area contributed by atoms with Gasteiger partial charge in [0.05, 0.1) is 10.2 Å². The fraction of sp³-hybridized carbons (Fsp3) is 0.190. The third-order valence-corrected chi connectivity index (χ3v) is 5.30. The molecule has 23 heavy (non-hydrogen) atoms. The fourth-order valence-electron chi connectivity index (χ4n) is 3.05. The molecule has 3 aromatic carbocycles. The highest BCUT2D eigenvalue weighted by Crippen LogP contribution is 2.37. The number of aromatic nitrogens is 1. The van der Waals surface area contributed by atoms with Crippen LogP contribution in [-0.2, 0) is 5.41 Å². The highest BCUT2D eigenvalue weighted by Gasteiger charge is 2.19. The van der Waals surface area contributed by atoms with E-state index in [2.05, 4.69) is 75.4 Å². The second-order valence-corrected chi connectivity index (χ2v) is 8.01. The van der Waals surface area contributed by atoms with Crippen LogP contribution in [0.2, 0.25) is 0 Å². The number of hydrogen-bond donors (Lipinski definition) is 0. The Morgan fingerprint density at radius 1 is 0.870 bits per heavy atom. The van der Waals surface area contributed by atoms with E-state index in [4.69, 9.17) is 4.98 Å². The van der Waals surface area contributed by atoms with Crippen LogP contribution in [0.4, 0.5) is 0 Å². The van der Waals surface area contributed by atoms with Crippen molar-refractivity contribution in [2.75, 3.05) is 0 Å². The van der Waals surface area contributed by atoms with Crippen molar-refractivity contribution in [1.82, 2.24) is 4.98 Å². The summed E-state index contributed by atoms with van der Waals surface area (Å²) in [6.45, 7) is 6.82. The van der Waals surface area contributed by atoms with Crippen molar-refractivity contribution in [3.05, 3.63) is 66.2 Å². The van der Waals surface area contributed by atoms with E-state index in [9.17, 15) is 0 Å². The third kappa shape index (κ3) is 2.53. The SMILES string of the molecule is CC(C)(C)c1cc(-c2nc3ccccc3s2)cc2ccccc12. The molecule has 4 aromatic rings. The highest BCUT2D eigenvalue weighted by atomic mass is 32.1. The van der Waals surface area contributed by atoms with Gasteiger partial charge in [-0.1, -0.05) is 57.2 Å². The minimum absolute atomic E-state index is 0.103. The smallest absolute Gasteiger partial charge is 0.124 e. The molecule has 0 aliphatic carbocycles. The number of rotatable bonds is 1. The van der Waals surface area contributed by atoms with Gasteiger partial charge in [-0.15, -0.1) is 11.3 Å². The molecule has 0 aliphatic rings. The molecule has 0 unspecified atom stereocenters. The number of benzene rings is 3. The molecule has 0 atom stereocenters. The Labute approximate surface area is 140 Å². The predicted octanol–water partition coefficient (Wildman–Crippen LogP) is 6.41. The average Bonchev–Trinajstić information content (AvgIpc) is 2.97. The molecule has 0 bridgehead atoms. The highest BCUT2D eigenvalue weighted by molar-refractivity contribution is 7.21. The Bertz CT molecular complexity index is 972. The summed E-state index contributed by atoms with van der Waals surface area (Å²) >= 11 is 1.77. The van der Waals surface area contributed by atoms with Crippen molar-refractivity contribution in [2.24, 2.45) is 0 Å². The van der Waals surface area contributed by atoms with Crippen LogP contribution < -0.4 is 0 Å². The number of hydrogen-bond acceptors (Lipinski definition) is 2. The molecular weight excluding hydrogens is 298 g/mol. The van der Waals surface area contributed by atoms with E-state index in [-0.39, 0.29) is 5.41 Å². The summed E-state index contributed by atoms with van der Waals surface area (Å²) < 4.78 is 1.24. The maximum atomic E-state index is 4.83. The van der Waals surface area contributed by atoms with Crippen LogP contribution in [0.25, 0.3) is 31.6 Å². The minimum Gasteiger partial charge on any atom is -0.236 e. The Morgan fingerprint density at radius 3 is 2.39 bits per heavy atom. The Kier molecular flexibility index (Phi) is 3.24. The van der Waals surface area contributed by atoms with Gasteiger partial charge in [0.2, 0.25) is 0 Å². The summed E-state index contributed by atoms with van der Waals surface area (Å²) in [5.41, 5.74) is 3.78. The van der Waals surface area contributed by atoms with Crippen LogP contribution in [0.5, 0.6) is 0 Å². The van der Waals surface area contributed by atoms with E-state index < -0.39 is 0 Å². The zero-order valence-electron chi connectivity index (χ0n) is 13.6. The quantitative estimate of drug-likeness (QED) is 0.395. The van der Waals surface area contributed by atoms with Crippen molar-refractivity contribution < 1.29 is 0 Å². The van der Waals surface area contributed by atoms with Crippen LogP contribution in [0, 0.1) is 0 Å². The maximum absolute atomic E-state index is 4.83. The maximum Gasteiger partial charge on any atom is 0.124 e. The van der Waals surface area contributed by atoms with Crippen LogP contribution in [0.3, 0.4) is 0 Å². The van der Waals surface area contributed by atoms with E-state index >= 15 is 0 Å². The molecule has 0 amide bonds. The topological polar surface area (TPSA) is 12.9 Å². The van der Waals surface area contributed by atoms with Crippen LogP contribution in [0.1, 0.15) is 26.3 Å². The zero-order chi connectivity index (χ0) is 16.0. The van der Waals surface area contributed by atoms with E-state index in [1.165, 1.54) is 26.6 Å². The summed E-state index contributed by atoms with van der Waals surface area (Å²) in [7, 11) is 0. The van der Waals surface area contributed by atoms with Crippen molar-refractivity contribution >= 4 is 32.3 Å². The summed E-state index contributed by atoms with van der Waals surface area (Å²) in [5.74, 6) is 0. The lowest BCUT2D eigenvalue weighted by Crippen LogP contribution is -2.11. The van der Waals surface area contributed by atoms with Crippen molar-refractivity contribution in [2.45, 2.75) is 26.2 Å². The number of nitrogens with zero attached hydrogens (tertiary/aromatic N) is 1. The van der Waals surface area contributed by atoms with Gasteiger partial charge in [0, 0.05) is 5.56 Å². The van der Waals surface area contributed by atoms with Gasteiger partial charge in [0.1, 0.15) is 5.01 Å². The second-order valence-electron chi connectivity index (χ2n) is 6.98. The largest absolute Gasteiger partial charge is 0.236 e. The Hall–Kier alpha value is -2.19. The average molecular weight is 317 g/mol. The van der Waals surface area contributed by atoms with E-state index in [1.54, 1.807) is 11.3 Å². The molecule has 0 fully saturated rings. The number of fused-ring (bicyclic) bond motifs is 2. The molecule has 1 nitrogen and oxygen atoms in total. The number of para-hydroxylation sites is 1. The van der Waals surface area contributed by atoms with Gasteiger partial charge < -0.3 is 0 Å². The first-order chi connectivity index (χ1) is 11.0. The first-order valence-electron chi connectivity index (χ1n) is 7.91. The lowest BCUT2D eigenvalue weighted by Gasteiger charge is -2.22. The molecule has 4 rings (SSSR count). The minimum atomic E-state index is 0.103. The Morgan fingerprint density at radius 2 is 1.61 bits per heavy atom. The monoisotopic (exact) mass is 317 g/mol. The van der Waals surface area contributed by atoms with Gasteiger partial charge in [-0.2, -0.15) is 0 Å². The third-order valence-electron chi connectivity index (χ3n) is 4.21. The van der Waals surface area contributed by atoms with E-state index in [0.29, 0.717) is 0 Å². The van der Waals surface area contributed by atoms with Gasteiger partial charge in [0.15, 0.2) is 0 Å². The molecule has 0 saturated carbocycles. The lowest BCUT2D eigenvalue weighted by atomic mass is 9.82. The summed E-state index contributed by atoms with van der Waals surface area (Å²) in [6, 6.07) is 21.6. The van der Waals surface area contributed by atoms with E-state index in [1.807, 2.05) is 6.07 Å². The predicted molar refractivity (Wildman–Crippen MR) is 101 cm³/mol. The van der Waals surface area contributed by atoms with Gasteiger partial charge in [-0.3, -0.25) is 0 Å². The summed E-state index contributed by atoms with van der Waals surface area (Å²) in [6.07, 6.45) is 0. The molecule has 0 saturated heterocycles. The van der Waals surface area contributed by atoms with Crippen molar-refractivity contribution in [1.29, 1.82) is 0 Å². The van der Waals surface area contributed by atoms with Gasteiger partial charge in [-0.05, 0) is 46.0 Å². The zero-order valence-corrected chi connectivity index (χ0v) is 14.4. The molecule has 0 radical (unpaired) electrons. The van der Waals surface area contributed by atoms with Gasteiger partial charge in [-0.25, -0.2) is 4.98 Å². The first-order valence-corrected chi connectivity index (χ1v) is 8.73. The van der Waals surface area contributed by atoms with Gasteiger partial charge in [0.25, 0.3) is 0 Å². The lowest BCUT2D eigenvalue weighted by molar-refractivity contribution is 0.596. The summed E-state index contributed by atoms with van der Waals surface area (Å²) in [4.78, 5) is 4.83. The molecule has 0 aliphatic heterocycles.